The maximum Gasteiger partial charge on any atom is 0.225 e. The third kappa shape index (κ3) is 3.59. The van der Waals surface area contributed by atoms with Crippen LogP contribution in [0.4, 0.5) is 0 Å². The normalized spacial score (nSPS) is 28.9. The van der Waals surface area contributed by atoms with Crippen LogP contribution in [0.25, 0.3) is 0 Å². The van der Waals surface area contributed by atoms with Crippen LogP contribution in [0.1, 0.15) is 56.2 Å². The highest BCUT2D eigenvalue weighted by Crippen LogP contribution is 2.50. The summed E-state index contributed by atoms with van der Waals surface area (Å²) in [6, 6.07) is 0. The molecule has 1 unspecified atom stereocenters. The lowest BCUT2D eigenvalue weighted by atomic mass is 9.70. The van der Waals surface area contributed by atoms with Crippen molar-refractivity contribution >= 4 is 5.91 Å². The summed E-state index contributed by atoms with van der Waals surface area (Å²) in [6.07, 6.45) is 6.59. The average molecular weight is 389 g/mol. The Labute approximate surface area is 166 Å². The van der Waals surface area contributed by atoms with E-state index in [0.717, 1.165) is 96.3 Å². The molecule has 28 heavy (non-hydrogen) atoms. The van der Waals surface area contributed by atoms with Gasteiger partial charge in [-0.1, -0.05) is 0 Å². The number of aromatic nitrogens is 2. The predicted octanol–water partition coefficient (Wildman–Crippen LogP) is 2.22. The number of hydrogen-bond acceptors (Lipinski definition) is 6. The Morgan fingerprint density at radius 1 is 1.14 bits per heavy atom. The Morgan fingerprint density at radius 3 is 2.54 bits per heavy atom. The molecule has 3 aliphatic heterocycles. The van der Waals surface area contributed by atoms with Gasteiger partial charge in [-0.3, -0.25) is 4.79 Å². The first-order chi connectivity index (χ1) is 13.6. The van der Waals surface area contributed by atoms with Gasteiger partial charge in [-0.2, -0.15) is 0 Å². The quantitative estimate of drug-likeness (QED) is 0.788. The van der Waals surface area contributed by atoms with E-state index in [4.69, 9.17) is 9.15 Å². The van der Waals surface area contributed by atoms with Crippen LogP contribution in [0.5, 0.6) is 0 Å². The summed E-state index contributed by atoms with van der Waals surface area (Å²) < 4.78 is 11.4. The number of piperidine rings is 1. The fourth-order valence-corrected chi connectivity index (χ4v) is 5.57. The molecule has 0 N–H and O–H groups in total. The van der Waals surface area contributed by atoms with Gasteiger partial charge in [0.2, 0.25) is 17.7 Å². The molecule has 4 fully saturated rings. The smallest absolute Gasteiger partial charge is 0.225 e. The second-order valence-corrected chi connectivity index (χ2v) is 9.42. The maximum atomic E-state index is 12.5. The minimum absolute atomic E-state index is 0.157. The number of rotatable bonds is 4. The Morgan fingerprint density at radius 2 is 1.89 bits per heavy atom. The van der Waals surface area contributed by atoms with Crippen LogP contribution >= 0.6 is 0 Å². The van der Waals surface area contributed by atoms with Gasteiger partial charge in [-0.25, -0.2) is 0 Å². The first-order valence-electron chi connectivity index (χ1n) is 11.0. The molecule has 1 aromatic rings. The van der Waals surface area contributed by atoms with Crippen molar-refractivity contribution in [3.8, 4) is 0 Å². The van der Waals surface area contributed by atoms with Gasteiger partial charge in [0.15, 0.2) is 0 Å². The van der Waals surface area contributed by atoms with Crippen molar-refractivity contribution < 1.29 is 13.9 Å². The van der Waals surface area contributed by atoms with Gasteiger partial charge in [0.05, 0.1) is 5.92 Å². The van der Waals surface area contributed by atoms with E-state index in [2.05, 4.69) is 20.0 Å². The van der Waals surface area contributed by atoms with E-state index < -0.39 is 0 Å². The average Bonchev–Trinajstić information content (AvgIpc) is 3.39. The zero-order chi connectivity index (χ0) is 19.1. The molecule has 1 aliphatic carbocycles. The van der Waals surface area contributed by atoms with E-state index in [9.17, 15) is 4.79 Å². The summed E-state index contributed by atoms with van der Waals surface area (Å²) in [6.45, 7) is 8.64. The van der Waals surface area contributed by atoms with Crippen molar-refractivity contribution in [2.45, 2.75) is 51.4 Å². The monoisotopic (exact) mass is 388 g/mol. The third-order valence-electron chi connectivity index (χ3n) is 7.41. The molecule has 4 aliphatic rings. The van der Waals surface area contributed by atoms with E-state index in [1.165, 1.54) is 0 Å². The number of amides is 1. The van der Waals surface area contributed by atoms with E-state index in [1.807, 2.05) is 6.92 Å². The topological polar surface area (TPSA) is 71.7 Å². The molecule has 4 heterocycles. The van der Waals surface area contributed by atoms with Crippen LogP contribution in [0.3, 0.4) is 0 Å². The number of hydrogen-bond donors (Lipinski definition) is 0. The molecule has 3 saturated heterocycles. The van der Waals surface area contributed by atoms with Crippen molar-refractivity contribution in [3.05, 3.63) is 11.8 Å². The van der Waals surface area contributed by atoms with Crippen LogP contribution in [-0.2, 0) is 9.53 Å². The molecular formula is C21H32N4O3. The van der Waals surface area contributed by atoms with E-state index in [0.29, 0.717) is 17.7 Å². The highest BCUT2D eigenvalue weighted by atomic mass is 16.5. The Bertz CT molecular complexity index is 702. The largest absolute Gasteiger partial charge is 0.425 e. The Hall–Kier alpha value is -1.47. The van der Waals surface area contributed by atoms with E-state index in [-0.39, 0.29) is 11.3 Å². The number of carbonyl (C=O) groups is 1. The van der Waals surface area contributed by atoms with Gasteiger partial charge in [0.1, 0.15) is 0 Å². The second kappa shape index (κ2) is 7.41. The lowest BCUT2D eigenvalue weighted by molar-refractivity contribution is -0.135. The van der Waals surface area contributed by atoms with Crippen molar-refractivity contribution in [3.63, 3.8) is 0 Å². The van der Waals surface area contributed by atoms with E-state index >= 15 is 0 Å². The second-order valence-electron chi connectivity index (χ2n) is 9.42. The number of ether oxygens (including phenoxy) is 1. The van der Waals surface area contributed by atoms with Crippen LogP contribution in [-0.4, -0.2) is 71.8 Å². The van der Waals surface area contributed by atoms with Crippen LogP contribution in [0, 0.1) is 24.2 Å². The minimum Gasteiger partial charge on any atom is -0.425 e. The van der Waals surface area contributed by atoms with Crippen molar-refractivity contribution in [2.75, 3.05) is 45.9 Å². The molecule has 0 aromatic carbocycles. The van der Waals surface area contributed by atoms with Gasteiger partial charge in [-0.05, 0) is 49.9 Å². The molecule has 7 heteroatoms. The molecule has 1 saturated carbocycles. The first-order valence-corrected chi connectivity index (χ1v) is 11.0. The van der Waals surface area contributed by atoms with Gasteiger partial charge in [0.25, 0.3) is 0 Å². The SMILES string of the molecule is Cc1nnc(C2CN(CC3CCOCC3)CC23CCN(C(=O)C2CC2)CC3)o1. The van der Waals surface area contributed by atoms with Gasteiger partial charge in [-0.15, -0.1) is 10.2 Å². The molecule has 1 aromatic heterocycles. The van der Waals surface area contributed by atoms with Gasteiger partial charge < -0.3 is 19.0 Å². The molecule has 1 spiro atoms. The van der Waals surface area contributed by atoms with Crippen molar-refractivity contribution in [1.82, 2.24) is 20.0 Å². The molecule has 154 valence electrons. The van der Waals surface area contributed by atoms with Gasteiger partial charge in [0, 0.05) is 58.8 Å². The van der Waals surface area contributed by atoms with Crippen molar-refractivity contribution in [2.24, 2.45) is 17.3 Å². The molecule has 1 amide bonds. The zero-order valence-corrected chi connectivity index (χ0v) is 16.9. The number of aryl methyl sites for hydroxylation is 1. The third-order valence-corrected chi connectivity index (χ3v) is 7.41. The lowest BCUT2D eigenvalue weighted by Gasteiger charge is -2.42. The summed E-state index contributed by atoms with van der Waals surface area (Å²) in [5, 5.41) is 8.52. The molecule has 5 rings (SSSR count). The molecule has 0 bridgehead atoms. The summed E-state index contributed by atoms with van der Waals surface area (Å²) >= 11 is 0. The lowest BCUT2D eigenvalue weighted by Crippen LogP contribution is -2.46. The van der Waals surface area contributed by atoms with Crippen LogP contribution in [0.2, 0.25) is 0 Å². The molecule has 7 nitrogen and oxygen atoms in total. The zero-order valence-electron chi connectivity index (χ0n) is 16.9. The summed E-state index contributed by atoms with van der Waals surface area (Å²) in [5.74, 6) is 3.16. The number of nitrogens with zero attached hydrogens (tertiary/aromatic N) is 4. The summed E-state index contributed by atoms with van der Waals surface area (Å²) in [7, 11) is 0. The maximum absolute atomic E-state index is 12.5. The highest BCUT2D eigenvalue weighted by molar-refractivity contribution is 5.81. The van der Waals surface area contributed by atoms with Gasteiger partial charge >= 0.3 is 0 Å². The molecule has 1 atom stereocenters. The fraction of sp³-hybridized carbons (Fsp3) is 0.857. The standard InChI is InChI=1S/C21H32N4O3/c1-15-22-23-19(28-15)18-13-24(12-16-4-10-27-11-5-16)14-21(18)6-8-25(9-7-21)20(26)17-2-3-17/h16-18H,2-14H2,1H3. The first kappa shape index (κ1) is 18.6. The predicted molar refractivity (Wildman–Crippen MR) is 103 cm³/mol. The van der Waals surface area contributed by atoms with Crippen molar-refractivity contribution in [1.29, 1.82) is 0 Å². The Balaban J connectivity index is 1.31. The summed E-state index contributed by atoms with van der Waals surface area (Å²) in [5.41, 5.74) is 0.157. The molecule has 0 radical (unpaired) electrons. The highest BCUT2D eigenvalue weighted by Gasteiger charge is 2.52. The minimum atomic E-state index is 0.157. The summed E-state index contributed by atoms with van der Waals surface area (Å²) in [4.78, 5) is 17.2. The van der Waals surface area contributed by atoms with Crippen LogP contribution in [0.15, 0.2) is 4.42 Å². The van der Waals surface area contributed by atoms with E-state index in [1.54, 1.807) is 0 Å². The fourth-order valence-electron chi connectivity index (χ4n) is 5.57. The molecular weight excluding hydrogens is 356 g/mol. The van der Waals surface area contributed by atoms with Crippen LogP contribution < -0.4 is 0 Å². The Kier molecular flexibility index (Phi) is 4.91. The number of likely N-dealkylation sites (tertiary alicyclic amines) is 2. The number of carbonyl (C=O) groups excluding carboxylic acids is 1.